The predicted octanol–water partition coefficient (Wildman–Crippen LogP) is 4.12. The van der Waals surface area contributed by atoms with Crippen LogP contribution >= 0.6 is 11.6 Å². The number of anilines is 2. The van der Waals surface area contributed by atoms with Crippen molar-refractivity contribution in [3.05, 3.63) is 59.2 Å². The topological polar surface area (TPSA) is 85.5 Å². The first kappa shape index (κ1) is 21.5. The van der Waals surface area contributed by atoms with Gasteiger partial charge < -0.3 is 20.1 Å². The maximum atomic E-state index is 12.6. The highest BCUT2D eigenvalue weighted by Gasteiger charge is 2.31. The first-order valence-corrected chi connectivity index (χ1v) is 11.6. The average Bonchev–Trinajstić information content (AvgIpc) is 3.40. The van der Waals surface area contributed by atoms with Gasteiger partial charge in [0.2, 0.25) is 11.8 Å². The Morgan fingerprint density at radius 2 is 1.79 bits per heavy atom. The highest BCUT2D eigenvalue weighted by Crippen LogP contribution is 2.29. The van der Waals surface area contributed by atoms with E-state index in [4.69, 9.17) is 11.6 Å². The second-order valence-corrected chi connectivity index (χ2v) is 9.11. The number of aromatic nitrogens is 1. The fraction of sp³-hybridized carbons (Fsp3) is 0.320. The summed E-state index contributed by atoms with van der Waals surface area (Å²) in [6.07, 6.45) is 4.63. The Hall–Kier alpha value is -3.32. The third-order valence-corrected chi connectivity index (χ3v) is 6.76. The number of carbonyl (C=O) groups excluding carboxylic acids is 3. The van der Waals surface area contributed by atoms with Gasteiger partial charge >= 0.3 is 0 Å². The maximum absolute atomic E-state index is 12.6. The molecule has 7 nitrogen and oxygen atoms in total. The van der Waals surface area contributed by atoms with Gasteiger partial charge in [-0.3, -0.25) is 14.4 Å². The van der Waals surface area contributed by atoms with Crippen molar-refractivity contribution in [3.63, 3.8) is 0 Å². The molecular formula is C25H25ClN4O3. The van der Waals surface area contributed by atoms with Gasteiger partial charge in [0.25, 0.3) is 5.91 Å². The molecule has 0 spiro atoms. The molecule has 170 valence electrons. The van der Waals surface area contributed by atoms with Crippen molar-refractivity contribution in [2.45, 2.75) is 25.7 Å². The molecule has 3 aromatic rings. The number of piperidine rings is 1. The molecule has 3 heterocycles. The summed E-state index contributed by atoms with van der Waals surface area (Å²) in [5.74, 6) is 0.0524. The van der Waals surface area contributed by atoms with E-state index in [1.54, 1.807) is 23.2 Å². The second-order valence-electron chi connectivity index (χ2n) is 8.70. The number of H-pyrrole nitrogens is 1. The van der Waals surface area contributed by atoms with Crippen molar-refractivity contribution in [2.75, 3.05) is 29.4 Å². The molecule has 1 atom stereocenters. The summed E-state index contributed by atoms with van der Waals surface area (Å²) in [5, 5.41) is 4.45. The van der Waals surface area contributed by atoms with E-state index in [1.165, 1.54) is 0 Å². The van der Waals surface area contributed by atoms with Crippen LogP contribution in [0.3, 0.4) is 0 Å². The normalized spacial score (nSPS) is 18.9. The zero-order valence-corrected chi connectivity index (χ0v) is 18.9. The smallest absolute Gasteiger partial charge is 0.251 e. The van der Waals surface area contributed by atoms with Gasteiger partial charge in [0.15, 0.2) is 0 Å². The Morgan fingerprint density at radius 3 is 2.55 bits per heavy atom. The van der Waals surface area contributed by atoms with E-state index in [0.29, 0.717) is 36.5 Å². The van der Waals surface area contributed by atoms with E-state index in [1.807, 2.05) is 35.2 Å². The van der Waals surface area contributed by atoms with Crippen LogP contribution in [0.15, 0.2) is 48.7 Å². The van der Waals surface area contributed by atoms with Crippen LogP contribution in [0.25, 0.3) is 10.9 Å². The summed E-state index contributed by atoms with van der Waals surface area (Å²) >= 11 is 6.10. The quantitative estimate of drug-likeness (QED) is 0.595. The van der Waals surface area contributed by atoms with E-state index in [-0.39, 0.29) is 23.6 Å². The van der Waals surface area contributed by atoms with Crippen LogP contribution in [0.5, 0.6) is 0 Å². The van der Waals surface area contributed by atoms with Crippen molar-refractivity contribution < 1.29 is 14.4 Å². The molecule has 5 rings (SSSR count). The van der Waals surface area contributed by atoms with Crippen molar-refractivity contribution >= 4 is 51.6 Å². The first-order valence-electron chi connectivity index (χ1n) is 11.3. The first-order chi connectivity index (χ1) is 16.0. The minimum atomic E-state index is -0.177. The fourth-order valence-corrected chi connectivity index (χ4v) is 4.85. The summed E-state index contributed by atoms with van der Waals surface area (Å²) in [7, 11) is 0. The lowest BCUT2D eigenvalue weighted by molar-refractivity contribution is -0.119. The minimum Gasteiger partial charge on any atom is -0.360 e. The summed E-state index contributed by atoms with van der Waals surface area (Å²) in [6, 6.07) is 13.0. The van der Waals surface area contributed by atoms with Crippen LogP contribution in [-0.2, 0) is 9.59 Å². The monoisotopic (exact) mass is 464 g/mol. The molecule has 0 aliphatic carbocycles. The standard InChI is InChI=1S/C25H25ClN4O3/c26-21-14-27-22-12-17(4-9-20(21)22)25(33)28-13-16-11-24(32)30(15-16)19-7-5-18(6-8-19)29-10-2-1-3-23(29)31/h4-9,12,14,16,27H,1-3,10-11,13,15H2,(H,28,33). The minimum absolute atomic E-state index is 0.0356. The Labute approximate surface area is 196 Å². The lowest BCUT2D eigenvalue weighted by Crippen LogP contribution is -2.35. The summed E-state index contributed by atoms with van der Waals surface area (Å²) < 4.78 is 0. The summed E-state index contributed by atoms with van der Waals surface area (Å²) in [6.45, 7) is 1.71. The van der Waals surface area contributed by atoms with Gasteiger partial charge in [-0.15, -0.1) is 0 Å². The number of fused-ring (bicyclic) bond motifs is 1. The molecule has 33 heavy (non-hydrogen) atoms. The zero-order chi connectivity index (χ0) is 22.9. The number of hydrogen-bond donors (Lipinski definition) is 2. The van der Waals surface area contributed by atoms with E-state index in [2.05, 4.69) is 10.3 Å². The van der Waals surface area contributed by atoms with E-state index >= 15 is 0 Å². The number of aromatic amines is 1. The molecule has 2 fully saturated rings. The van der Waals surface area contributed by atoms with Crippen molar-refractivity contribution in [1.29, 1.82) is 0 Å². The number of halogens is 1. The van der Waals surface area contributed by atoms with Crippen molar-refractivity contribution in [2.24, 2.45) is 5.92 Å². The van der Waals surface area contributed by atoms with Crippen LogP contribution in [-0.4, -0.2) is 42.3 Å². The molecule has 0 radical (unpaired) electrons. The van der Waals surface area contributed by atoms with Gasteiger partial charge in [-0.1, -0.05) is 17.7 Å². The molecule has 2 saturated heterocycles. The summed E-state index contributed by atoms with van der Waals surface area (Å²) in [5.41, 5.74) is 3.05. The number of rotatable bonds is 5. The van der Waals surface area contributed by atoms with Gasteiger partial charge in [-0.05, 0) is 49.2 Å². The fourth-order valence-electron chi connectivity index (χ4n) is 4.63. The number of nitrogens with one attached hydrogen (secondary N) is 2. The Kier molecular flexibility index (Phi) is 5.81. The number of nitrogens with zero attached hydrogens (tertiary/aromatic N) is 2. The number of amides is 3. The van der Waals surface area contributed by atoms with E-state index in [0.717, 1.165) is 41.7 Å². The Bertz CT molecular complexity index is 1220. The average molecular weight is 465 g/mol. The number of carbonyl (C=O) groups is 3. The third-order valence-electron chi connectivity index (χ3n) is 6.45. The number of hydrogen-bond acceptors (Lipinski definition) is 3. The van der Waals surface area contributed by atoms with Crippen LogP contribution in [0, 0.1) is 5.92 Å². The third kappa shape index (κ3) is 4.33. The molecule has 8 heteroatoms. The molecule has 1 aromatic heterocycles. The molecule has 3 amide bonds. The van der Waals surface area contributed by atoms with Gasteiger partial charge in [-0.2, -0.15) is 0 Å². The molecule has 0 bridgehead atoms. The van der Waals surface area contributed by atoms with Crippen LogP contribution in [0.4, 0.5) is 11.4 Å². The van der Waals surface area contributed by atoms with Gasteiger partial charge in [0, 0.05) is 72.4 Å². The van der Waals surface area contributed by atoms with Crippen molar-refractivity contribution in [3.8, 4) is 0 Å². The molecule has 2 aliphatic heterocycles. The van der Waals surface area contributed by atoms with E-state index < -0.39 is 0 Å². The molecule has 0 saturated carbocycles. The highest BCUT2D eigenvalue weighted by molar-refractivity contribution is 6.35. The lowest BCUT2D eigenvalue weighted by atomic mass is 10.1. The van der Waals surface area contributed by atoms with Crippen molar-refractivity contribution in [1.82, 2.24) is 10.3 Å². The second kappa shape index (κ2) is 8.90. The number of benzene rings is 2. The van der Waals surface area contributed by atoms with Gasteiger partial charge in [0.05, 0.1) is 5.02 Å². The molecule has 1 unspecified atom stereocenters. The van der Waals surface area contributed by atoms with Crippen LogP contribution in [0.2, 0.25) is 5.02 Å². The molecule has 2 aliphatic rings. The molecule has 2 N–H and O–H groups in total. The molecular weight excluding hydrogens is 440 g/mol. The van der Waals surface area contributed by atoms with Crippen LogP contribution in [0.1, 0.15) is 36.0 Å². The van der Waals surface area contributed by atoms with Gasteiger partial charge in [0.1, 0.15) is 0 Å². The Balaban J connectivity index is 1.19. The summed E-state index contributed by atoms with van der Waals surface area (Å²) in [4.78, 5) is 44.0. The molecule has 2 aromatic carbocycles. The van der Waals surface area contributed by atoms with E-state index in [9.17, 15) is 14.4 Å². The predicted molar refractivity (Wildman–Crippen MR) is 129 cm³/mol. The Morgan fingerprint density at radius 1 is 1.03 bits per heavy atom. The van der Waals surface area contributed by atoms with Crippen LogP contribution < -0.4 is 15.1 Å². The zero-order valence-electron chi connectivity index (χ0n) is 18.1. The largest absolute Gasteiger partial charge is 0.360 e. The lowest BCUT2D eigenvalue weighted by Gasteiger charge is -2.27. The maximum Gasteiger partial charge on any atom is 0.251 e. The highest BCUT2D eigenvalue weighted by atomic mass is 35.5. The van der Waals surface area contributed by atoms with Gasteiger partial charge in [-0.25, -0.2) is 0 Å². The SMILES string of the molecule is O=C(NCC1CC(=O)N(c2ccc(N3CCCCC3=O)cc2)C1)c1ccc2c(Cl)c[nH]c2c1.